The molecular weight excluding hydrogens is 230 g/mol. The Morgan fingerprint density at radius 1 is 1.47 bits per heavy atom. The number of halogens is 1. The zero-order valence-electron chi connectivity index (χ0n) is 8.58. The van der Waals surface area contributed by atoms with E-state index in [1.54, 1.807) is 17.6 Å². The van der Waals surface area contributed by atoms with Crippen molar-refractivity contribution < 1.29 is 4.42 Å². The summed E-state index contributed by atoms with van der Waals surface area (Å²) in [7, 11) is 1.92. The van der Waals surface area contributed by atoms with E-state index < -0.39 is 0 Å². The Balaban J connectivity index is 2.41. The van der Waals surface area contributed by atoms with Crippen LogP contribution in [0.3, 0.4) is 0 Å². The van der Waals surface area contributed by atoms with E-state index in [1.165, 1.54) is 0 Å². The first kappa shape index (κ1) is 10.7. The van der Waals surface area contributed by atoms with Crippen LogP contribution in [0.2, 0.25) is 5.02 Å². The van der Waals surface area contributed by atoms with Crippen molar-refractivity contribution in [3.8, 4) is 0 Å². The number of rotatable bonds is 3. The third kappa shape index (κ3) is 1.95. The monoisotopic (exact) mass is 241 g/mol. The first-order valence-corrected chi connectivity index (χ1v) is 5.94. The highest BCUT2D eigenvalue weighted by Gasteiger charge is 2.19. The lowest BCUT2D eigenvalue weighted by molar-refractivity contribution is 0.524. The number of hydrogen-bond donors (Lipinski definition) is 1. The van der Waals surface area contributed by atoms with Crippen molar-refractivity contribution in [2.24, 2.45) is 0 Å². The van der Waals surface area contributed by atoms with Crippen molar-refractivity contribution in [2.45, 2.75) is 13.0 Å². The Labute approximate surface area is 97.9 Å². The molecule has 0 aliphatic rings. The van der Waals surface area contributed by atoms with Crippen LogP contribution in [0.5, 0.6) is 0 Å². The van der Waals surface area contributed by atoms with Gasteiger partial charge in [-0.1, -0.05) is 11.6 Å². The van der Waals surface area contributed by atoms with Gasteiger partial charge in [0.1, 0.15) is 5.76 Å². The maximum atomic E-state index is 6.12. The topological polar surface area (TPSA) is 25.2 Å². The molecule has 0 saturated carbocycles. The minimum atomic E-state index is 0.122. The molecular formula is C11H12ClNOS. The molecule has 1 atom stereocenters. The van der Waals surface area contributed by atoms with Crippen LogP contribution >= 0.6 is 22.9 Å². The van der Waals surface area contributed by atoms with E-state index in [2.05, 4.69) is 5.32 Å². The molecule has 0 aromatic carbocycles. The first-order chi connectivity index (χ1) is 7.24. The predicted octanol–water partition coefficient (Wildman–Crippen LogP) is 3.61. The molecule has 2 aromatic rings. The van der Waals surface area contributed by atoms with E-state index in [9.17, 15) is 0 Å². The van der Waals surface area contributed by atoms with E-state index in [0.717, 1.165) is 21.2 Å². The van der Waals surface area contributed by atoms with Crippen LogP contribution in [-0.2, 0) is 0 Å². The zero-order chi connectivity index (χ0) is 10.8. The molecule has 2 nitrogen and oxygen atoms in total. The van der Waals surface area contributed by atoms with Gasteiger partial charge in [-0.3, -0.25) is 0 Å². The lowest BCUT2D eigenvalue weighted by Crippen LogP contribution is -2.16. The molecule has 0 fully saturated rings. The average molecular weight is 242 g/mol. The van der Waals surface area contributed by atoms with E-state index in [0.29, 0.717) is 0 Å². The third-order valence-electron chi connectivity index (χ3n) is 2.41. The van der Waals surface area contributed by atoms with Crippen molar-refractivity contribution in [1.29, 1.82) is 0 Å². The third-order valence-corrected chi connectivity index (χ3v) is 3.83. The molecule has 0 aliphatic carbocycles. The molecule has 4 heteroatoms. The summed E-state index contributed by atoms with van der Waals surface area (Å²) in [6, 6.07) is 4.02. The van der Waals surface area contributed by atoms with Gasteiger partial charge in [0, 0.05) is 10.4 Å². The summed E-state index contributed by atoms with van der Waals surface area (Å²) in [4.78, 5) is 1.13. The number of nitrogens with one attached hydrogen (secondary N) is 1. The van der Waals surface area contributed by atoms with E-state index in [-0.39, 0.29) is 6.04 Å². The summed E-state index contributed by atoms with van der Waals surface area (Å²) in [5, 5.41) is 6.06. The molecule has 1 N–H and O–H groups in total. The van der Waals surface area contributed by atoms with Crippen LogP contribution in [0, 0.1) is 6.92 Å². The van der Waals surface area contributed by atoms with E-state index in [1.807, 2.05) is 31.5 Å². The molecule has 0 aliphatic heterocycles. The smallest absolute Gasteiger partial charge is 0.105 e. The number of aryl methyl sites for hydroxylation is 1. The van der Waals surface area contributed by atoms with Crippen LogP contribution in [0.15, 0.2) is 28.2 Å². The molecule has 2 heterocycles. The van der Waals surface area contributed by atoms with E-state index in [4.69, 9.17) is 16.0 Å². The van der Waals surface area contributed by atoms with Crippen molar-refractivity contribution in [3.63, 3.8) is 0 Å². The van der Waals surface area contributed by atoms with Crippen LogP contribution in [0.25, 0.3) is 0 Å². The Morgan fingerprint density at radius 3 is 2.73 bits per heavy atom. The fourth-order valence-corrected chi connectivity index (χ4v) is 2.93. The molecule has 0 radical (unpaired) electrons. The van der Waals surface area contributed by atoms with Crippen molar-refractivity contribution >= 4 is 22.9 Å². The standard InChI is InChI=1S/C11H12ClNOS/c1-7-8(3-5-14-7)10(13-2)11-9(12)4-6-15-11/h3-6,10,13H,1-2H3. The van der Waals surface area contributed by atoms with Crippen molar-refractivity contribution in [3.05, 3.63) is 45.0 Å². The van der Waals surface area contributed by atoms with Crippen molar-refractivity contribution in [1.82, 2.24) is 5.32 Å². The van der Waals surface area contributed by atoms with Crippen LogP contribution in [0.1, 0.15) is 22.2 Å². The Hall–Kier alpha value is -0.770. The molecule has 2 aromatic heterocycles. The van der Waals surface area contributed by atoms with Gasteiger partial charge in [-0.2, -0.15) is 0 Å². The molecule has 0 spiro atoms. The minimum absolute atomic E-state index is 0.122. The summed E-state index contributed by atoms with van der Waals surface area (Å²) < 4.78 is 5.31. The maximum Gasteiger partial charge on any atom is 0.105 e. The van der Waals surface area contributed by atoms with Gasteiger partial charge in [0.2, 0.25) is 0 Å². The second-order valence-corrected chi connectivity index (χ2v) is 4.64. The Bertz CT molecular complexity index is 409. The van der Waals surface area contributed by atoms with Crippen LogP contribution < -0.4 is 5.32 Å². The van der Waals surface area contributed by atoms with Gasteiger partial charge in [0.25, 0.3) is 0 Å². The quantitative estimate of drug-likeness (QED) is 0.888. The van der Waals surface area contributed by atoms with Crippen LogP contribution in [0.4, 0.5) is 0 Å². The highest BCUT2D eigenvalue weighted by molar-refractivity contribution is 7.10. The molecule has 80 valence electrons. The normalized spacial score (nSPS) is 13.0. The Morgan fingerprint density at radius 2 is 2.27 bits per heavy atom. The predicted molar refractivity (Wildman–Crippen MR) is 63.7 cm³/mol. The molecule has 0 amide bonds. The van der Waals surface area contributed by atoms with Gasteiger partial charge >= 0.3 is 0 Å². The molecule has 0 bridgehead atoms. The summed E-state index contributed by atoms with van der Waals surface area (Å²) in [5.41, 5.74) is 1.14. The van der Waals surface area contributed by atoms with E-state index >= 15 is 0 Å². The van der Waals surface area contributed by atoms with Crippen molar-refractivity contribution in [2.75, 3.05) is 7.05 Å². The summed E-state index contributed by atoms with van der Waals surface area (Å²) in [6.45, 7) is 1.96. The number of thiophene rings is 1. The van der Waals surface area contributed by atoms with Crippen LogP contribution in [-0.4, -0.2) is 7.05 Å². The lowest BCUT2D eigenvalue weighted by Gasteiger charge is -2.14. The zero-order valence-corrected chi connectivity index (χ0v) is 10.2. The molecule has 1 unspecified atom stereocenters. The highest BCUT2D eigenvalue weighted by atomic mass is 35.5. The van der Waals surface area contributed by atoms with Gasteiger partial charge in [-0.15, -0.1) is 11.3 Å². The highest BCUT2D eigenvalue weighted by Crippen LogP contribution is 2.34. The summed E-state index contributed by atoms with van der Waals surface area (Å²) in [6.07, 6.45) is 1.70. The first-order valence-electron chi connectivity index (χ1n) is 4.68. The molecule has 2 rings (SSSR count). The molecule has 0 saturated heterocycles. The summed E-state index contributed by atoms with van der Waals surface area (Å²) >= 11 is 7.78. The maximum absolute atomic E-state index is 6.12. The number of hydrogen-bond acceptors (Lipinski definition) is 3. The summed E-state index contributed by atoms with van der Waals surface area (Å²) in [5.74, 6) is 0.929. The fourth-order valence-electron chi connectivity index (χ4n) is 1.63. The average Bonchev–Trinajstić information content (AvgIpc) is 2.80. The second-order valence-electron chi connectivity index (χ2n) is 3.29. The fraction of sp³-hybridized carbons (Fsp3) is 0.273. The SMILES string of the molecule is CNC(c1ccoc1C)c1sccc1Cl. The van der Waals surface area contributed by atoms with Gasteiger partial charge in [0.15, 0.2) is 0 Å². The van der Waals surface area contributed by atoms with Gasteiger partial charge in [-0.05, 0) is 31.5 Å². The second kappa shape index (κ2) is 4.39. The molecule has 15 heavy (non-hydrogen) atoms. The largest absolute Gasteiger partial charge is 0.469 e. The minimum Gasteiger partial charge on any atom is -0.469 e. The Kier molecular flexibility index (Phi) is 3.14. The van der Waals surface area contributed by atoms with Gasteiger partial charge in [-0.25, -0.2) is 0 Å². The lowest BCUT2D eigenvalue weighted by atomic mass is 10.1. The van der Waals surface area contributed by atoms with Gasteiger partial charge < -0.3 is 9.73 Å². The van der Waals surface area contributed by atoms with Gasteiger partial charge in [0.05, 0.1) is 17.3 Å². The number of furan rings is 1.